The van der Waals surface area contributed by atoms with Gasteiger partial charge in [0, 0.05) is 12.6 Å². The van der Waals surface area contributed by atoms with Gasteiger partial charge >= 0.3 is 5.97 Å². The van der Waals surface area contributed by atoms with E-state index in [1.165, 1.54) is 7.11 Å². The summed E-state index contributed by atoms with van der Waals surface area (Å²) in [6.07, 6.45) is 5.02. The zero-order valence-electron chi connectivity index (χ0n) is 11.3. The molecule has 2 rings (SSSR count). The molecule has 0 amide bonds. The summed E-state index contributed by atoms with van der Waals surface area (Å²) >= 11 is 0. The van der Waals surface area contributed by atoms with Crippen LogP contribution in [0.2, 0.25) is 0 Å². The smallest absolute Gasteiger partial charge is 0.340 e. The van der Waals surface area contributed by atoms with E-state index in [-0.39, 0.29) is 5.97 Å². The van der Waals surface area contributed by atoms with Crippen molar-refractivity contribution in [2.24, 2.45) is 0 Å². The van der Waals surface area contributed by atoms with Crippen LogP contribution in [0.25, 0.3) is 5.52 Å². The van der Waals surface area contributed by atoms with Crippen LogP contribution in [-0.4, -0.2) is 17.5 Å². The van der Waals surface area contributed by atoms with Gasteiger partial charge in [0.25, 0.3) is 0 Å². The van der Waals surface area contributed by atoms with E-state index in [1.807, 2.05) is 28.8 Å². The molecule has 0 unspecified atom stereocenters. The van der Waals surface area contributed by atoms with Gasteiger partial charge in [-0.15, -0.1) is 0 Å². The number of rotatable bonds is 3. The lowest BCUT2D eigenvalue weighted by Gasteiger charge is -1.97. The van der Waals surface area contributed by atoms with Crippen molar-refractivity contribution in [1.29, 1.82) is 0 Å². The van der Waals surface area contributed by atoms with Crippen molar-refractivity contribution in [1.82, 2.24) is 4.40 Å². The molecule has 0 aliphatic rings. The Morgan fingerprint density at radius 1 is 1.42 bits per heavy atom. The number of hydrogen-bond donors (Lipinski definition) is 0. The fourth-order valence-corrected chi connectivity index (χ4v) is 1.94. The van der Waals surface area contributed by atoms with Gasteiger partial charge in [0.1, 0.15) is 0 Å². The van der Waals surface area contributed by atoms with Crippen LogP contribution in [0.5, 0.6) is 0 Å². The Hall–Kier alpha value is -2.21. The molecule has 0 aromatic carbocycles. The van der Waals surface area contributed by atoms with Crippen LogP contribution < -0.4 is 0 Å². The second-order valence-corrected chi connectivity index (χ2v) is 4.30. The van der Waals surface area contributed by atoms with Crippen LogP contribution in [0.15, 0.2) is 30.5 Å². The van der Waals surface area contributed by atoms with E-state index in [0.717, 1.165) is 30.5 Å². The van der Waals surface area contributed by atoms with E-state index < -0.39 is 0 Å². The SMILES string of the molecule is CCCCC#Cc1cc(C(=O)OC)c2ccccn12. The highest BCUT2D eigenvalue weighted by Crippen LogP contribution is 2.17. The van der Waals surface area contributed by atoms with Crippen molar-refractivity contribution in [2.45, 2.75) is 26.2 Å². The summed E-state index contributed by atoms with van der Waals surface area (Å²) in [5, 5.41) is 0. The van der Waals surface area contributed by atoms with Crippen LogP contribution >= 0.6 is 0 Å². The highest BCUT2D eigenvalue weighted by atomic mass is 16.5. The first-order valence-corrected chi connectivity index (χ1v) is 6.45. The molecule has 0 aliphatic heterocycles. The Kier molecular flexibility index (Phi) is 4.25. The Morgan fingerprint density at radius 3 is 3.00 bits per heavy atom. The molecule has 0 spiro atoms. The average Bonchev–Trinajstić information content (AvgIpc) is 2.82. The fourth-order valence-electron chi connectivity index (χ4n) is 1.94. The lowest BCUT2D eigenvalue weighted by molar-refractivity contribution is 0.0603. The molecule has 3 heteroatoms. The number of carbonyl (C=O) groups excluding carboxylic acids is 1. The number of hydrogen-bond acceptors (Lipinski definition) is 2. The molecular weight excluding hydrogens is 238 g/mol. The monoisotopic (exact) mass is 255 g/mol. The molecule has 0 atom stereocenters. The van der Waals surface area contributed by atoms with Crippen LogP contribution in [0.3, 0.4) is 0 Å². The van der Waals surface area contributed by atoms with Crippen LogP contribution in [0.1, 0.15) is 42.2 Å². The summed E-state index contributed by atoms with van der Waals surface area (Å²) in [5.41, 5.74) is 2.21. The molecule has 0 saturated heterocycles. The third-order valence-corrected chi connectivity index (χ3v) is 2.95. The molecule has 0 aliphatic carbocycles. The maximum atomic E-state index is 11.7. The minimum Gasteiger partial charge on any atom is -0.465 e. The minimum atomic E-state index is -0.328. The first kappa shape index (κ1) is 13.2. The molecule has 98 valence electrons. The van der Waals surface area contributed by atoms with E-state index in [0.29, 0.717) is 5.56 Å². The van der Waals surface area contributed by atoms with Gasteiger partial charge in [0.2, 0.25) is 0 Å². The first-order chi connectivity index (χ1) is 9.27. The van der Waals surface area contributed by atoms with Gasteiger partial charge < -0.3 is 9.14 Å². The summed E-state index contributed by atoms with van der Waals surface area (Å²) < 4.78 is 6.72. The summed E-state index contributed by atoms with van der Waals surface area (Å²) in [6.45, 7) is 2.14. The molecule has 2 aromatic heterocycles. The van der Waals surface area contributed by atoms with Gasteiger partial charge in [-0.2, -0.15) is 0 Å². The van der Waals surface area contributed by atoms with Crippen molar-refractivity contribution in [3.8, 4) is 11.8 Å². The number of aromatic nitrogens is 1. The average molecular weight is 255 g/mol. The minimum absolute atomic E-state index is 0.328. The highest BCUT2D eigenvalue weighted by molar-refractivity contribution is 5.98. The third-order valence-electron chi connectivity index (χ3n) is 2.95. The molecule has 0 fully saturated rings. The van der Waals surface area contributed by atoms with Crippen LogP contribution in [0, 0.1) is 11.8 Å². The number of ether oxygens (including phenoxy) is 1. The lowest BCUT2D eigenvalue weighted by Crippen LogP contribution is -1.99. The Morgan fingerprint density at radius 2 is 2.26 bits per heavy atom. The van der Waals surface area contributed by atoms with E-state index in [4.69, 9.17) is 4.74 Å². The topological polar surface area (TPSA) is 30.7 Å². The maximum Gasteiger partial charge on any atom is 0.340 e. The van der Waals surface area contributed by atoms with E-state index >= 15 is 0 Å². The highest BCUT2D eigenvalue weighted by Gasteiger charge is 2.14. The number of pyridine rings is 1. The van der Waals surface area contributed by atoms with Crippen LogP contribution in [-0.2, 0) is 4.74 Å². The summed E-state index contributed by atoms with van der Waals surface area (Å²) in [4.78, 5) is 11.7. The second-order valence-electron chi connectivity index (χ2n) is 4.30. The summed E-state index contributed by atoms with van der Waals surface area (Å²) in [6, 6.07) is 7.50. The number of nitrogens with zero attached hydrogens (tertiary/aromatic N) is 1. The van der Waals surface area contributed by atoms with Crippen molar-refractivity contribution >= 4 is 11.5 Å². The van der Waals surface area contributed by atoms with E-state index in [1.54, 1.807) is 6.07 Å². The molecule has 0 radical (unpaired) electrons. The Labute approximate surface area is 113 Å². The van der Waals surface area contributed by atoms with Crippen molar-refractivity contribution in [3.05, 3.63) is 41.7 Å². The Balaban J connectivity index is 2.43. The summed E-state index contributed by atoms with van der Waals surface area (Å²) in [7, 11) is 1.39. The van der Waals surface area contributed by atoms with Crippen molar-refractivity contribution in [2.75, 3.05) is 7.11 Å². The summed E-state index contributed by atoms with van der Waals surface area (Å²) in [5.74, 6) is 5.94. The van der Waals surface area contributed by atoms with Gasteiger partial charge in [-0.25, -0.2) is 4.79 Å². The predicted molar refractivity (Wildman–Crippen MR) is 75.1 cm³/mol. The fraction of sp³-hybridized carbons (Fsp3) is 0.312. The van der Waals surface area contributed by atoms with Crippen molar-refractivity contribution in [3.63, 3.8) is 0 Å². The molecule has 3 nitrogen and oxygen atoms in total. The van der Waals surface area contributed by atoms with Gasteiger partial charge in [0.05, 0.1) is 23.9 Å². The molecular formula is C16H17NO2. The molecule has 2 heterocycles. The standard InChI is InChI=1S/C16H17NO2/c1-3-4-5-6-9-13-12-14(16(18)19-2)15-10-7-8-11-17(13)15/h7-8,10-12H,3-5H2,1-2H3. The van der Waals surface area contributed by atoms with E-state index in [9.17, 15) is 4.79 Å². The molecule has 0 bridgehead atoms. The van der Waals surface area contributed by atoms with Gasteiger partial charge in [-0.05, 0) is 30.5 Å². The predicted octanol–water partition coefficient (Wildman–Crippen LogP) is 3.27. The quantitative estimate of drug-likeness (QED) is 0.479. The van der Waals surface area contributed by atoms with Gasteiger partial charge in [-0.1, -0.05) is 25.3 Å². The zero-order chi connectivity index (χ0) is 13.7. The van der Waals surface area contributed by atoms with Gasteiger partial charge in [0.15, 0.2) is 0 Å². The second kappa shape index (κ2) is 6.10. The number of esters is 1. The molecule has 2 aromatic rings. The zero-order valence-corrected chi connectivity index (χ0v) is 11.3. The number of fused-ring (bicyclic) bond motifs is 1. The molecule has 19 heavy (non-hydrogen) atoms. The van der Waals surface area contributed by atoms with Crippen molar-refractivity contribution < 1.29 is 9.53 Å². The largest absolute Gasteiger partial charge is 0.465 e. The Bertz CT molecular complexity index is 644. The van der Waals surface area contributed by atoms with Crippen LogP contribution in [0.4, 0.5) is 0 Å². The number of methoxy groups -OCH3 is 1. The van der Waals surface area contributed by atoms with Gasteiger partial charge in [-0.3, -0.25) is 0 Å². The lowest BCUT2D eigenvalue weighted by atomic mass is 10.2. The van der Waals surface area contributed by atoms with E-state index in [2.05, 4.69) is 18.8 Å². The third kappa shape index (κ3) is 2.79. The number of carbonyl (C=O) groups is 1. The maximum absolute atomic E-state index is 11.7. The first-order valence-electron chi connectivity index (χ1n) is 6.45. The number of unbranched alkanes of at least 4 members (excludes halogenated alkanes) is 2. The normalized spacial score (nSPS) is 10.0. The molecule has 0 saturated carbocycles. The molecule has 0 N–H and O–H groups in total.